The zero-order chi connectivity index (χ0) is 26.2. The van der Waals surface area contributed by atoms with E-state index in [1.165, 1.54) is 6.07 Å². The predicted octanol–water partition coefficient (Wildman–Crippen LogP) is 3.31. The van der Waals surface area contributed by atoms with Crippen molar-refractivity contribution in [2.75, 3.05) is 4.90 Å². The average molecular weight is 499 g/mol. The van der Waals surface area contributed by atoms with Gasteiger partial charge in [-0.05, 0) is 23.3 Å². The second kappa shape index (κ2) is 7.53. The number of amides is 2. The summed E-state index contributed by atoms with van der Waals surface area (Å²) in [7, 11) is 0. The molecule has 2 bridgehead atoms. The zero-order valence-electron chi connectivity index (χ0n) is 19.2. The van der Waals surface area contributed by atoms with Crippen LogP contribution in [0.1, 0.15) is 35.1 Å². The number of nitro benzene ring substituents is 1. The Kier molecular flexibility index (Phi) is 4.59. The van der Waals surface area contributed by atoms with Crippen LogP contribution in [0.3, 0.4) is 0 Å². The van der Waals surface area contributed by atoms with E-state index in [-0.39, 0.29) is 11.4 Å². The highest BCUT2D eigenvalue weighted by Gasteiger charge is 2.74. The molecule has 2 atom stereocenters. The van der Waals surface area contributed by atoms with Gasteiger partial charge in [-0.2, -0.15) is 0 Å². The van der Waals surface area contributed by atoms with Crippen LogP contribution in [0, 0.1) is 32.1 Å². The monoisotopic (exact) mass is 499 g/mol. The van der Waals surface area contributed by atoms with Crippen LogP contribution in [0.5, 0.6) is 5.75 Å². The van der Waals surface area contributed by atoms with Crippen molar-refractivity contribution in [3.8, 4) is 5.75 Å². The minimum Gasteiger partial charge on any atom is -0.419 e. The van der Waals surface area contributed by atoms with E-state index in [9.17, 15) is 34.6 Å². The highest BCUT2D eigenvalue weighted by molar-refractivity contribution is 6.23. The van der Waals surface area contributed by atoms with Crippen molar-refractivity contribution in [3.05, 3.63) is 109 Å². The van der Waals surface area contributed by atoms with Crippen LogP contribution in [0.2, 0.25) is 0 Å². The molecule has 0 aromatic heterocycles. The Morgan fingerprint density at radius 1 is 0.919 bits per heavy atom. The van der Waals surface area contributed by atoms with Gasteiger partial charge in [-0.25, -0.2) is 4.90 Å². The summed E-state index contributed by atoms with van der Waals surface area (Å²) in [5, 5.41) is 24.6. The van der Waals surface area contributed by atoms with E-state index in [1.54, 1.807) is 48.5 Å². The van der Waals surface area contributed by atoms with Crippen molar-refractivity contribution in [3.63, 3.8) is 0 Å². The van der Waals surface area contributed by atoms with Gasteiger partial charge in [-0.3, -0.25) is 34.6 Å². The minimum absolute atomic E-state index is 0.127. The molecule has 4 aliphatic rings. The number of carbonyl (C=O) groups is 3. The molecule has 37 heavy (non-hydrogen) atoms. The SMILES string of the molecule is CC(=O)Oc1ccc(N2C(=O)[C@H]3C4c5ccccc5C([N+](=O)[O-])(c5ccccc54)[C@H]3C2=O)cc1[N+](=O)[O-]. The molecule has 1 fully saturated rings. The number of rotatable bonds is 4. The molecule has 3 aromatic carbocycles. The Hall–Kier alpha value is -4.93. The van der Waals surface area contributed by atoms with Gasteiger partial charge in [0.15, 0.2) is 0 Å². The maximum absolute atomic E-state index is 14.0. The second-order valence-electron chi connectivity index (χ2n) is 9.19. The lowest BCUT2D eigenvalue weighted by molar-refractivity contribution is -0.578. The van der Waals surface area contributed by atoms with Crippen LogP contribution in [0.25, 0.3) is 0 Å². The lowest BCUT2D eigenvalue weighted by atomic mass is 9.51. The van der Waals surface area contributed by atoms with E-state index in [2.05, 4.69) is 0 Å². The Bertz CT molecular complexity index is 1530. The Labute approximate surface area is 208 Å². The maximum Gasteiger partial charge on any atom is 0.313 e. The number of imide groups is 1. The number of nitro groups is 2. The Balaban J connectivity index is 1.57. The number of hydrogen-bond donors (Lipinski definition) is 0. The van der Waals surface area contributed by atoms with Gasteiger partial charge < -0.3 is 4.74 Å². The first-order valence-electron chi connectivity index (χ1n) is 11.4. The van der Waals surface area contributed by atoms with E-state index < -0.39 is 56.6 Å². The number of esters is 1. The summed E-state index contributed by atoms with van der Waals surface area (Å²) >= 11 is 0. The van der Waals surface area contributed by atoms with Gasteiger partial charge in [0.2, 0.25) is 17.6 Å². The van der Waals surface area contributed by atoms with Gasteiger partial charge in [-0.15, -0.1) is 0 Å². The summed E-state index contributed by atoms with van der Waals surface area (Å²) in [5.41, 5.74) is -0.804. The molecule has 0 saturated carbocycles. The van der Waals surface area contributed by atoms with Gasteiger partial charge in [0.05, 0.1) is 16.5 Å². The summed E-state index contributed by atoms with van der Waals surface area (Å²) in [6, 6.07) is 16.9. The second-order valence-corrected chi connectivity index (χ2v) is 9.19. The molecule has 11 nitrogen and oxygen atoms in total. The molecule has 3 aliphatic carbocycles. The van der Waals surface area contributed by atoms with Gasteiger partial charge in [0, 0.05) is 35.0 Å². The third-order valence-corrected chi connectivity index (χ3v) is 7.51. The molecule has 0 spiro atoms. The van der Waals surface area contributed by atoms with E-state index in [4.69, 9.17) is 4.74 Å². The third-order valence-electron chi connectivity index (χ3n) is 7.51. The number of nitrogens with zero attached hydrogens (tertiary/aromatic N) is 3. The molecule has 0 N–H and O–H groups in total. The van der Waals surface area contributed by atoms with E-state index >= 15 is 0 Å². The van der Waals surface area contributed by atoms with E-state index in [1.807, 2.05) is 0 Å². The van der Waals surface area contributed by atoms with Gasteiger partial charge in [0.1, 0.15) is 5.92 Å². The van der Waals surface area contributed by atoms with Crippen molar-refractivity contribution in [1.29, 1.82) is 0 Å². The molecule has 1 aliphatic heterocycles. The Morgan fingerprint density at radius 3 is 2.05 bits per heavy atom. The number of benzene rings is 3. The molecule has 184 valence electrons. The molecule has 1 saturated heterocycles. The molecule has 0 unspecified atom stereocenters. The molecular formula is C26H17N3O8. The zero-order valence-corrected chi connectivity index (χ0v) is 19.2. The first-order chi connectivity index (χ1) is 17.7. The molecule has 2 amide bonds. The number of anilines is 1. The normalized spacial score (nSPS) is 24.8. The third kappa shape index (κ3) is 2.73. The van der Waals surface area contributed by atoms with Gasteiger partial charge >= 0.3 is 11.7 Å². The number of hydrogen-bond acceptors (Lipinski definition) is 8. The first-order valence-corrected chi connectivity index (χ1v) is 11.4. The van der Waals surface area contributed by atoms with Crippen molar-refractivity contribution >= 4 is 29.2 Å². The lowest BCUT2D eigenvalue weighted by Gasteiger charge is -2.48. The molecular weight excluding hydrogens is 482 g/mol. The summed E-state index contributed by atoms with van der Waals surface area (Å²) < 4.78 is 4.89. The van der Waals surface area contributed by atoms with Crippen LogP contribution in [0.15, 0.2) is 66.7 Å². The van der Waals surface area contributed by atoms with Crippen LogP contribution in [-0.4, -0.2) is 27.6 Å². The van der Waals surface area contributed by atoms with Crippen LogP contribution in [-0.2, 0) is 19.9 Å². The van der Waals surface area contributed by atoms with Crippen LogP contribution < -0.4 is 9.64 Å². The standard InChI is InChI=1S/C26H17N3O8/c1-13(30)37-20-11-10-14(12-19(20)28(33)34)27-24(31)22-21-15-6-2-4-8-17(15)26(29(35)36,23(22)25(27)32)18-9-5-3-7-16(18)21/h2-12,21-23H,1H3/t21?,22-,23+,26?/m0/s1. The quantitative estimate of drug-likeness (QED) is 0.174. The van der Waals surface area contributed by atoms with Crippen molar-refractivity contribution in [1.82, 2.24) is 0 Å². The highest BCUT2D eigenvalue weighted by atomic mass is 16.6. The smallest absolute Gasteiger partial charge is 0.313 e. The van der Waals surface area contributed by atoms with Gasteiger partial charge in [0.25, 0.3) is 5.54 Å². The average Bonchev–Trinajstić information content (AvgIpc) is 3.14. The summed E-state index contributed by atoms with van der Waals surface area (Å²) in [6.45, 7) is 1.08. The van der Waals surface area contributed by atoms with Crippen molar-refractivity contribution in [2.45, 2.75) is 18.4 Å². The molecule has 11 heteroatoms. The topological polar surface area (TPSA) is 150 Å². The molecule has 7 rings (SSSR count). The minimum atomic E-state index is -2.00. The van der Waals surface area contributed by atoms with Crippen LogP contribution in [0.4, 0.5) is 11.4 Å². The Morgan fingerprint density at radius 2 is 1.51 bits per heavy atom. The van der Waals surface area contributed by atoms with Gasteiger partial charge in [-0.1, -0.05) is 48.5 Å². The fraction of sp³-hybridized carbons (Fsp3) is 0.192. The fourth-order valence-electron chi connectivity index (χ4n) is 6.33. The predicted molar refractivity (Wildman–Crippen MR) is 126 cm³/mol. The largest absolute Gasteiger partial charge is 0.419 e. The van der Waals surface area contributed by atoms with Crippen molar-refractivity contribution < 1.29 is 29.0 Å². The molecule has 0 radical (unpaired) electrons. The fourth-order valence-corrected chi connectivity index (χ4v) is 6.33. The molecule has 3 aromatic rings. The maximum atomic E-state index is 14.0. The van der Waals surface area contributed by atoms with E-state index in [0.717, 1.165) is 24.0 Å². The van der Waals surface area contributed by atoms with E-state index in [0.29, 0.717) is 22.3 Å². The number of ether oxygens (including phenoxy) is 1. The summed E-state index contributed by atoms with van der Waals surface area (Å²) in [4.78, 5) is 63.4. The summed E-state index contributed by atoms with van der Waals surface area (Å²) in [6.07, 6.45) is 0. The number of carbonyl (C=O) groups excluding carboxylic acids is 3. The summed E-state index contributed by atoms with van der Waals surface area (Å²) in [5.74, 6) is -5.64. The highest BCUT2D eigenvalue weighted by Crippen LogP contribution is 2.64. The first kappa shape index (κ1) is 22.5. The van der Waals surface area contributed by atoms with Crippen LogP contribution >= 0.6 is 0 Å². The molecule has 1 heterocycles. The lowest BCUT2D eigenvalue weighted by Crippen LogP contribution is -2.57. The van der Waals surface area contributed by atoms with Crippen molar-refractivity contribution in [2.24, 2.45) is 11.8 Å².